The van der Waals surface area contributed by atoms with E-state index in [0.29, 0.717) is 19.5 Å². The van der Waals surface area contributed by atoms with Crippen LogP contribution in [0.25, 0.3) is 0 Å². The Balaban J connectivity index is 2.33. The van der Waals surface area contributed by atoms with Crippen molar-refractivity contribution in [3.8, 4) is 0 Å². The summed E-state index contributed by atoms with van der Waals surface area (Å²) in [6.45, 7) is 7.03. The van der Waals surface area contributed by atoms with Gasteiger partial charge in [0.25, 0.3) is 0 Å². The number of hydrogen-bond donors (Lipinski definition) is 1. The Morgan fingerprint density at radius 1 is 1.19 bits per heavy atom. The summed E-state index contributed by atoms with van der Waals surface area (Å²) in [5.41, 5.74) is -0.645. The third-order valence-corrected chi connectivity index (χ3v) is 4.14. The Hall–Kier alpha value is -0.170. The van der Waals surface area contributed by atoms with Gasteiger partial charge in [-0.1, -0.05) is 0 Å². The van der Waals surface area contributed by atoms with E-state index in [4.69, 9.17) is 0 Å². The fourth-order valence-corrected chi connectivity index (χ4v) is 2.54. The third-order valence-electron chi connectivity index (χ3n) is 2.84. The van der Waals surface area contributed by atoms with Gasteiger partial charge in [-0.3, -0.25) is 0 Å². The molecule has 1 aliphatic rings. The van der Waals surface area contributed by atoms with Gasteiger partial charge in [-0.15, -0.1) is 0 Å². The molecule has 1 N–H and O–H groups in total. The molecule has 0 aromatic carbocycles. The van der Waals surface area contributed by atoms with E-state index >= 15 is 0 Å². The highest BCUT2D eigenvalue weighted by atomic mass is 32.2. The maximum Gasteiger partial charge on any atom is 0.211 e. The number of nitrogens with zero attached hydrogens (tertiary/aromatic N) is 2. The van der Waals surface area contributed by atoms with E-state index in [9.17, 15) is 13.5 Å². The normalized spacial score (nSPS) is 21.2. The second-order valence-electron chi connectivity index (χ2n) is 5.07. The van der Waals surface area contributed by atoms with Crippen molar-refractivity contribution in [1.82, 2.24) is 9.21 Å². The Labute approximate surface area is 98.1 Å². The van der Waals surface area contributed by atoms with E-state index in [1.165, 1.54) is 10.6 Å². The molecule has 1 heterocycles. The second-order valence-corrected chi connectivity index (χ2v) is 7.05. The van der Waals surface area contributed by atoms with Crippen LogP contribution in [0.1, 0.15) is 20.3 Å². The van der Waals surface area contributed by atoms with Crippen LogP contribution in [0, 0.1) is 0 Å². The first-order chi connectivity index (χ1) is 7.18. The monoisotopic (exact) mass is 250 g/mol. The lowest BCUT2D eigenvalue weighted by Crippen LogP contribution is -2.49. The van der Waals surface area contributed by atoms with Crippen molar-refractivity contribution < 1.29 is 13.5 Å². The van der Waals surface area contributed by atoms with Crippen molar-refractivity contribution in [3.05, 3.63) is 0 Å². The van der Waals surface area contributed by atoms with Gasteiger partial charge >= 0.3 is 0 Å². The molecule has 1 rings (SSSR count). The van der Waals surface area contributed by atoms with Crippen LogP contribution >= 0.6 is 0 Å². The molecule has 0 radical (unpaired) electrons. The highest BCUT2D eigenvalue weighted by Gasteiger charge is 2.24. The predicted molar refractivity (Wildman–Crippen MR) is 63.8 cm³/mol. The van der Waals surface area contributed by atoms with Gasteiger partial charge < -0.3 is 10.0 Å². The summed E-state index contributed by atoms with van der Waals surface area (Å²) in [6.07, 6.45) is 1.96. The van der Waals surface area contributed by atoms with E-state index in [0.717, 1.165) is 19.6 Å². The molecule has 0 spiro atoms. The Bertz CT molecular complexity index is 313. The van der Waals surface area contributed by atoms with E-state index in [1.807, 2.05) is 0 Å². The van der Waals surface area contributed by atoms with Crippen molar-refractivity contribution in [2.45, 2.75) is 25.9 Å². The summed E-state index contributed by atoms with van der Waals surface area (Å²) in [5, 5.41) is 9.60. The highest BCUT2D eigenvalue weighted by Crippen LogP contribution is 2.11. The number of sulfonamides is 1. The van der Waals surface area contributed by atoms with Crippen molar-refractivity contribution in [2.24, 2.45) is 0 Å². The average molecular weight is 250 g/mol. The van der Waals surface area contributed by atoms with Crippen molar-refractivity contribution in [3.63, 3.8) is 0 Å². The standard InChI is InChI=1S/C10H22N2O3S/c1-10(2,13)4-5-11-6-8-12(9-7-11)16(3,14)15/h13H,4-9H2,1-3H3. The summed E-state index contributed by atoms with van der Waals surface area (Å²) >= 11 is 0. The predicted octanol–water partition coefficient (Wildman–Crippen LogP) is -0.275. The molecule has 0 amide bonds. The minimum absolute atomic E-state index is 0.560. The molecule has 0 aliphatic carbocycles. The zero-order chi connectivity index (χ0) is 12.4. The Morgan fingerprint density at radius 2 is 1.69 bits per heavy atom. The quantitative estimate of drug-likeness (QED) is 0.746. The molecule has 0 unspecified atom stereocenters. The van der Waals surface area contributed by atoms with Crippen LogP contribution in [0.3, 0.4) is 0 Å². The van der Waals surface area contributed by atoms with Crippen molar-refractivity contribution in [1.29, 1.82) is 0 Å². The van der Waals surface area contributed by atoms with Gasteiger partial charge in [-0.05, 0) is 20.3 Å². The van der Waals surface area contributed by atoms with Crippen molar-refractivity contribution in [2.75, 3.05) is 39.0 Å². The van der Waals surface area contributed by atoms with Crippen LogP contribution in [0.2, 0.25) is 0 Å². The maximum atomic E-state index is 11.3. The molecule has 1 fully saturated rings. The second kappa shape index (κ2) is 5.00. The zero-order valence-corrected chi connectivity index (χ0v) is 11.1. The highest BCUT2D eigenvalue weighted by molar-refractivity contribution is 7.88. The van der Waals surface area contributed by atoms with Crippen LogP contribution in [0.4, 0.5) is 0 Å². The smallest absolute Gasteiger partial charge is 0.211 e. The molecule has 0 aromatic heterocycles. The van der Waals surface area contributed by atoms with E-state index in [-0.39, 0.29) is 0 Å². The molecule has 1 saturated heterocycles. The van der Waals surface area contributed by atoms with Gasteiger partial charge in [0.05, 0.1) is 11.9 Å². The molecule has 0 aromatic rings. The van der Waals surface area contributed by atoms with Gasteiger partial charge in [0.15, 0.2) is 0 Å². The van der Waals surface area contributed by atoms with E-state index in [1.54, 1.807) is 13.8 Å². The molecule has 16 heavy (non-hydrogen) atoms. The number of hydrogen-bond acceptors (Lipinski definition) is 4. The van der Waals surface area contributed by atoms with Gasteiger partial charge in [0, 0.05) is 32.7 Å². The summed E-state index contributed by atoms with van der Waals surface area (Å²) in [4.78, 5) is 2.19. The van der Waals surface area contributed by atoms with Crippen LogP contribution in [0.15, 0.2) is 0 Å². The average Bonchev–Trinajstić information content (AvgIpc) is 2.13. The molecular formula is C10H22N2O3S. The van der Waals surface area contributed by atoms with Crippen LogP contribution in [-0.2, 0) is 10.0 Å². The Morgan fingerprint density at radius 3 is 2.06 bits per heavy atom. The lowest BCUT2D eigenvalue weighted by atomic mass is 10.1. The molecular weight excluding hydrogens is 228 g/mol. The van der Waals surface area contributed by atoms with Gasteiger partial charge in [0.1, 0.15) is 0 Å². The number of rotatable bonds is 4. The van der Waals surface area contributed by atoms with Crippen LogP contribution in [0.5, 0.6) is 0 Å². The fourth-order valence-electron chi connectivity index (χ4n) is 1.72. The lowest BCUT2D eigenvalue weighted by molar-refractivity contribution is 0.0528. The van der Waals surface area contributed by atoms with Crippen LogP contribution < -0.4 is 0 Å². The molecule has 1 aliphatic heterocycles. The van der Waals surface area contributed by atoms with Crippen LogP contribution in [-0.4, -0.2) is 67.3 Å². The first kappa shape index (κ1) is 13.9. The topological polar surface area (TPSA) is 60.9 Å². The first-order valence-corrected chi connectivity index (χ1v) is 7.43. The summed E-state index contributed by atoms with van der Waals surface area (Å²) < 4.78 is 24.1. The Kier molecular flexibility index (Phi) is 4.34. The summed E-state index contributed by atoms with van der Waals surface area (Å²) in [7, 11) is -3.04. The zero-order valence-electron chi connectivity index (χ0n) is 10.3. The molecule has 96 valence electrons. The van der Waals surface area contributed by atoms with Gasteiger partial charge in [-0.2, -0.15) is 4.31 Å². The lowest BCUT2D eigenvalue weighted by Gasteiger charge is -2.34. The number of aliphatic hydroxyl groups is 1. The third kappa shape index (κ3) is 4.78. The van der Waals surface area contributed by atoms with Gasteiger partial charge in [-0.25, -0.2) is 8.42 Å². The fraction of sp³-hybridized carbons (Fsp3) is 1.00. The van der Waals surface area contributed by atoms with E-state index < -0.39 is 15.6 Å². The van der Waals surface area contributed by atoms with Crippen molar-refractivity contribution >= 4 is 10.0 Å². The SMILES string of the molecule is CC(C)(O)CCN1CCN(S(C)(=O)=O)CC1. The maximum absolute atomic E-state index is 11.3. The summed E-state index contributed by atoms with van der Waals surface area (Å²) in [6, 6.07) is 0. The van der Waals surface area contributed by atoms with E-state index in [2.05, 4.69) is 4.90 Å². The minimum atomic E-state index is -3.04. The molecule has 5 nitrogen and oxygen atoms in total. The summed E-state index contributed by atoms with van der Waals surface area (Å²) in [5.74, 6) is 0. The largest absolute Gasteiger partial charge is 0.390 e. The molecule has 6 heteroatoms. The number of piperazine rings is 1. The minimum Gasteiger partial charge on any atom is -0.390 e. The molecule has 0 saturated carbocycles. The first-order valence-electron chi connectivity index (χ1n) is 5.58. The van der Waals surface area contributed by atoms with Gasteiger partial charge in [0.2, 0.25) is 10.0 Å². The molecule has 0 atom stereocenters. The molecule has 0 bridgehead atoms.